The molecule has 110 valence electrons. The summed E-state index contributed by atoms with van der Waals surface area (Å²) in [4.78, 5) is 36.7. The van der Waals surface area contributed by atoms with Crippen molar-refractivity contribution in [1.82, 2.24) is 15.1 Å². The highest BCUT2D eigenvalue weighted by Gasteiger charge is 2.12. The summed E-state index contributed by atoms with van der Waals surface area (Å²) in [7, 11) is 5.52. The van der Waals surface area contributed by atoms with Gasteiger partial charge in [-0.05, 0) is 33.5 Å². The van der Waals surface area contributed by atoms with Gasteiger partial charge in [0.25, 0.3) is 0 Å². The van der Waals surface area contributed by atoms with Crippen molar-refractivity contribution < 1.29 is 19.5 Å². The third kappa shape index (κ3) is 10.0. The zero-order valence-electron chi connectivity index (χ0n) is 11.8. The fourth-order valence-corrected chi connectivity index (χ4v) is 1.40. The zero-order chi connectivity index (χ0) is 14.8. The van der Waals surface area contributed by atoms with Crippen LogP contribution in [0.15, 0.2) is 0 Å². The number of urea groups is 1. The molecule has 0 atom stereocenters. The zero-order valence-corrected chi connectivity index (χ0v) is 11.8. The minimum atomic E-state index is -0.945. The number of nitrogens with one attached hydrogen (secondary N) is 1. The first-order valence-corrected chi connectivity index (χ1v) is 6.24. The number of rotatable bonds is 8. The van der Waals surface area contributed by atoms with E-state index >= 15 is 0 Å². The summed E-state index contributed by atoms with van der Waals surface area (Å²) in [6.07, 6.45) is 1.03. The summed E-state index contributed by atoms with van der Waals surface area (Å²) >= 11 is 0. The van der Waals surface area contributed by atoms with E-state index in [9.17, 15) is 14.4 Å². The Kier molecular flexibility index (Phi) is 8.52. The fraction of sp³-hybridized carbons (Fsp3) is 0.750. The molecule has 2 N–H and O–H groups in total. The number of hydrogen-bond donors (Lipinski definition) is 2. The second kappa shape index (κ2) is 9.32. The van der Waals surface area contributed by atoms with Gasteiger partial charge in [-0.3, -0.25) is 14.9 Å². The fourth-order valence-electron chi connectivity index (χ4n) is 1.40. The minimum absolute atomic E-state index is 0.0452. The third-order valence-electron chi connectivity index (χ3n) is 2.49. The molecule has 0 saturated heterocycles. The number of aliphatic carboxylic acids is 1. The summed E-state index contributed by atoms with van der Waals surface area (Å²) in [6, 6.07) is -0.445. The highest BCUT2D eigenvalue weighted by molar-refractivity contribution is 5.94. The molecule has 0 aromatic heterocycles. The first-order chi connectivity index (χ1) is 8.82. The number of amides is 3. The first kappa shape index (κ1) is 17.4. The lowest BCUT2D eigenvalue weighted by molar-refractivity contribution is -0.137. The molecule has 0 saturated carbocycles. The molecule has 0 aromatic carbocycles. The Balaban J connectivity index is 3.81. The van der Waals surface area contributed by atoms with Crippen molar-refractivity contribution in [1.29, 1.82) is 0 Å². The van der Waals surface area contributed by atoms with Crippen LogP contribution in [-0.4, -0.2) is 67.0 Å². The van der Waals surface area contributed by atoms with Gasteiger partial charge in [-0.2, -0.15) is 0 Å². The quantitative estimate of drug-likeness (QED) is 0.666. The second-order valence-corrected chi connectivity index (χ2v) is 4.68. The average Bonchev–Trinajstić information content (AvgIpc) is 2.27. The highest BCUT2D eigenvalue weighted by atomic mass is 16.4. The maximum atomic E-state index is 11.6. The van der Waals surface area contributed by atoms with Crippen LogP contribution < -0.4 is 5.32 Å². The van der Waals surface area contributed by atoms with Crippen LogP contribution in [0.1, 0.15) is 25.7 Å². The van der Waals surface area contributed by atoms with Crippen molar-refractivity contribution in [3.8, 4) is 0 Å². The van der Waals surface area contributed by atoms with Gasteiger partial charge in [-0.1, -0.05) is 0 Å². The molecule has 0 bridgehead atoms. The van der Waals surface area contributed by atoms with E-state index in [0.29, 0.717) is 6.54 Å². The molecule has 0 aliphatic carbocycles. The normalized spacial score (nSPS) is 10.3. The number of carboxylic acids is 1. The van der Waals surface area contributed by atoms with E-state index in [1.807, 2.05) is 19.0 Å². The van der Waals surface area contributed by atoms with Gasteiger partial charge in [-0.25, -0.2) is 4.79 Å². The van der Waals surface area contributed by atoms with Crippen LogP contribution in [0, 0.1) is 0 Å². The summed E-state index contributed by atoms with van der Waals surface area (Å²) in [6.45, 7) is 1.43. The van der Waals surface area contributed by atoms with E-state index in [1.165, 1.54) is 4.90 Å². The Bertz CT molecular complexity index is 318. The average molecular weight is 273 g/mol. The van der Waals surface area contributed by atoms with E-state index in [4.69, 9.17) is 5.11 Å². The van der Waals surface area contributed by atoms with E-state index in [1.54, 1.807) is 7.05 Å². The Hall–Kier alpha value is -1.63. The van der Waals surface area contributed by atoms with E-state index in [-0.39, 0.29) is 19.3 Å². The first-order valence-electron chi connectivity index (χ1n) is 6.24. The van der Waals surface area contributed by atoms with Gasteiger partial charge in [-0.15, -0.1) is 0 Å². The number of carbonyl (C=O) groups is 3. The van der Waals surface area contributed by atoms with Gasteiger partial charge in [0.15, 0.2) is 0 Å². The Labute approximate surface area is 113 Å². The van der Waals surface area contributed by atoms with Crippen molar-refractivity contribution in [2.45, 2.75) is 25.7 Å². The molecule has 0 rings (SSSR count). The van der Waals surface area contributed by atoms with Crippen LogP contribution in [-0.2, 0) is 9.59 Å². The lowest BCUT2D eigenvalue weighted by atomic mass is 10.2. The largest absolute Gasteiger partial charge is 0.481 e. The van der Waals surface area contributed by atoms with Gasteiger partial charge in [0, 0.05) is 26.4 Å². The topological polar surface area (TPSA) is 90.0 Å². The van der Waals surface area contributed by atoms with Gasteiger partial charge >= 0.3 is 12.0 Å². The molecular weight excluding hydrogens is 250 g/mol. The Morgan fingerprint density at radius 3 is 2.16 bits per heavy atom. The number of carboxylic acid groups (broad SMARTS) is 1. The maximum absolute atomic E-state index is 11.6. The van der Waals surface area contributed by atoms with E-state index in [2.05, 4.69) is 5.32 Å². The lowest BCUT2D eigenvalue weighted by Gasteiger charge is -2.18. The molecule has 0 aliphatic rings. The summed E-state index contributed by atoms with van der Waals surface area (Å²) in [5.74, 6) is -1.38. The third-order valence-corrected chi connectivity index (χ3v) is 2.49. The molecule has 0 fully saturated rings. The molecule has 0 aromatic rings. The van der Waals surface area contributed by atoms with Crippen LogP contribution >= 0.6 is 0 Å². The smallest absolute Gasteiger partial charge is 0.323 e. The molecule has 3 amide bonds. The van der Waals surface area contributed by atoms with Crippen molar-refractivity contribution >= 4 is 17.9 Å². The van der Waals surface area contributed by atoms with Gasteiger partial charge in [0.2, 0.25) is 5.91 Å². The van der Waals surface area contributed by atoms with Crippen LogP contribution in [0.25, 0.3) is 0 Å². The van der Waals surface area contributed by atoms with Crippen LogP contribution in [0.3, 0.4) is 0 Å². The highest BCUT2D eigenvalue weighted by Crippen LogP contribution is 1.96. The molecule has 7 heteroatoms. The predicted octanol–water partition coefficient (Wildman–Crippen LogP) is 0.361. The molecule has 0 radical (unpaired) electrons. The summed E-state index contributed by atoms with van der Waals surface area (Å²) in [5.41, 5.74) is 0. The van der Waals surface area contributed by atoms with Crippen molar-refractivity contribution in [2.75, 3.05) is 34.2 Å². The number of nitrogens with zero attached hydrogens (tertiary/aromatic N) is 2. The summed E-state index contributed by atoms with van der Waals surface area (Å²) in [5, 5.41) is 10.7. The Morgan fingerprint density at radius 2 is 1.63 bits per heavy atom. The molecule has 0 aliphatic heterocycles. The standard InChI is InChI=1S/C12H23N3O4/c1-14(2)8-5-9-15(3)12(19)13-10(16)6-4-7-11(17)18/h4-9H2,1-3H3,(H,17,18)(H,13,16,19). The van der Waals surface area contributed by atoms with Crippen LogP contribution in [0.2, 0.25) is 0 Å². The molecule has 7 nitrogen and oxygen atoms in total. The number of carbonyl (C=O) groups excluding carboxylic acids is 2. The number of imide groups is 1. The maximum Gasteiger partial charge on any atom is 0.323 e. The van der Waals surface area contributed by atoms with E-state index in [0.717, 1.165) is 13.0 Å². The second-order valence-electron chi connectivity index (χ2n) is 4.68. The van der Waals surface area contributed by atoms with Gasteiger partial charge in [0.1, 0.15) is 0 Å². The minimum Gasteiger partial charge on any atom is -0.481 e. The molecule has 0 spiro atoms. The van der Waals surface area contributed by atoms with Crippen molar-refractivity contribution in [2.24, 2.45) is 0 Å². The molecular formula is C12H23N3O4. The monoisotopic (exact) mass is 273 g/mol. The van der Waals surface area contributed by atoms with Gasteiger partial charge < -0.3 is 14.9 Å². The predicted molar refractivity (Wildman–Crippen MR) is 70.8 cm³/mol. The van der Waals surface area contributed by atoms with Crippen LogP contribution in [0.5, 0.6) is 0 Å². The van der Waals surface area contributed by atoms with Gasteiger partial charge in [0.05, 0.1) is 0 Å². The van der Waals surface area contributed by atoms with E-state index < -0.39 is 17.9 Å². The number of hydrogen-bond acceptors (Lipinski definition) is 4. The Morgan fingerprint density at radius 1 is 1.00 bits per heavy atom. The van der Waals surface area contributed by atoms with Crippen molar-refractivity contribution in [3.63, 3.8) is 0 Å². The van der Waals surface area contributed by atoms with Crippen LogP contribution in [0.4, 0.5) is 4.79 Å². The molecule has 0 unspecified atom stereocenters. The SMILES string of the molecule is CN(C)CCCN(C)C(=O)NC(=O)CCCC(=O)O. The van der Waals surface area contributed by atoms with Crippen molar-refractivity contribution in [3.05, 3.63) is 0 Å². The molecule has 0 heterocycles. The molecule has 19 heavy (non-hydrogen) atoms. The lowest BCUT2D eigenvalue weighted by Crippen LogP contribution is -2.41. The summed E-state index contributed by atoms with van der Waals surface area (Å²) < 4.78 is 0.